The second-order valence-corrected chi connectivity index (χ2v) is 7.53. The fourth-order valence-electron chi connectivity index (χ4n) is 2.70. The van der Waals surface area contributed by atoms with Gasteiger partial charge in [0.15, 0.2) is 0 Å². The van der Waals surface area contributed by atoms with E-state index in [1.54, 1.807) is 0 Å². The van der Waals surface area contributed by atoms with Crippen LogP contribution in [0, 0.1) is 29.1 Å². The third-order valence-corrected chi connectivity index (χ3v) is 4.13. The Kier molecular flexibility index (Phi) is 7.10. The Labute approximate surface area is 120 Å². The van der Waals surface area contributed by atoms with Gasteiger partial charge in [-0.1, -0.05) is 55.4 Å². The lowest BCUT2D eigenvalue weighted by Gasteiger charge is -2.36. The zero-order chi connectivity index (χ0) is 15.4. The fourth-order valence-corrected chi connectivity index (χ4v) is 2.70. The highest BCUT2D eigenvalue weighted by atomic mass is 16.5. The Morgan fingerprint density at radius 2 is 1.37 bits per heavy atom. The van der Waals surface area contributed by atoms with Gasteiger partial charge < -0.3 is 4.74 Å². The molecular weight excluding hydrogens is 236 g/mol. The molecule has 0 spiro atoms. The van der Waals surface area contributed by atoms with Crippen molar-refractivity contribution in [1.82, 2.24) is 0 Å². The van der Waals surface area contributed by atoms with Crippen LogP contribution < -0.4 is 0 Å². The van der Waals surface area contributed by atoms with Crippen molar-refractivity contribution in [3.8, 4) is 0 Å². The summed E-state index contributed by atoms with van der Waals surface area (Å²) in [5.74, 6) is 1.49. The maximum Gasteiger partial charge on any atom is 0.312 e. The molecule has 0 amide bonds. The molecule has 2 heteroatoms. The monoisotopic (exact) mass is 270 g/mol. The Bertz CT molecular complexity index is 271. The standard InChI is InChI=1S/C17H34O2/c1-11(2)10-17(9,14(7)8)16(18)19-15(12(3)4)13(5)6/h11-15H,10H2,1-9H3. The molecule has 0 aromatic heterocycles. The summed E-state index contributed by atoms with van der Waals surface area (Å²) < 4.78 is 5.86. The molecule has 2 nitrogen and oxygen atoms in total. The predicted molar refractivity (Wildman–Crippen MR) is 82.0 cm³/mol. The van der Waals surface area contributed by atoms with Crippen molar-refractivity contribution < 1.29 is 9.53 Å². The molecule has 0 rings (SSSR count). The van der Waals surface area contributed by atoms with E-state index >= 15 is 0 Å². The highest BCUT2D eigenvalue weighted by Crippen LogP contribution is 2.36. The molecule has 0 aliphatic heterocycles. The second-order valence-electron chi connectivity index (χ2n) is 7.53. The van der Waals surface area contributed by atoms with E-state index in [4.69, 9.17) is 4.74 Å². The van der Waals surface area contributed by atoms with E-state index in [1.165, 1.54) is 0 Å². The molecule has 0 saturated heterocycles. The summed E-state index contributed by atoms with van der Waals surface area (Å²) in [7, 11) is 0. The molecule has 1 atom stereocenters. The minimum absolute atomic E-state index is 0.0118. The SMILES string of the molecule is CC(C)CC(C)(C(=O)OC(C(C)C)C(C)C)C(C)C. The first-order valence-corrected chi connectivity index (χ1v) is 7.73. The van der Waals surface area contributed by atoms with E-state index < -0.39 is 0 Å². The molecule has 0 aromatic carbocycles. The molecule has 19 heavy (non-hydrogen) atoms. The third kappa shape index (κ3) is 5.16. The second kappa shape index (κ2) is 7.31. The van der Waals surface area contributed by atoms with E-state index in [2.05, 4.69) is 62.3 Å². The van der Waals surface area contributed by atoms with Crippen molar-refractivity contribution >= 4 is 5.97 Å². The van der Waals surface area contributed by atoms with Gasteiger partial charge in [0, 0.05) is 0 Å². The van der Waals surface area contributed by atoms with Gasteiger partial charge in [-0.15, -0.1) is 0 Å². The molecule has 0 N–H and O–H groups in total. The van der Waals surface area contributed by atoms with Crippen molar-refractivity contribution in [1.29, 1.82) is 0 Å². The quantitative estimate of drug-likeness (QED) is 0.614. The predicted octanol–water partition coefficient (Wildman–Crippen LogP) is 4.92. The third-order valence-electron chi connectivity index (χ3n) is 4.13. The van der Waals surface area contributed by atoms with Gasteiger partial charge in [0.2, 0.25) is 0 Å². The molecule has 0 saturated carbocycles. The summed E-state index contributed by atoms with van der Waals surface area (Å²) in [6, 6.07) is 0. The minimum Gasteiger partial charge on any atom is -0.461 e. The maximum atomic E-state index is 12.6. The highest BCUT2D eigenvalue weighted by molar-refractivity contribution is 5.77. The average Bonchev–Trinajstić information content (AvgIpc) is 2.22. The summed E-state index contributed by atoms with van der Waals surface area (Å²) in [5.41, 5.74) is -0.379. The molecule has 0 aliphatic rings. The van der Waals surface area contributed by atoms with Gasteiger partial charge in [0.1, 0.15) is 6.10 Å². The van der Waals surface area contributed by atoms with Crippen molar-refractivity contribution in [2.75, 3.05) is 0 Å². The summed E-state index contributed by atoms with van der Waals surface area (Å²) in [4.78, 5) is 12.6. The lowest BCUT2D eigenvalue weighted by Crippen LogP contribution is -2.40. The van der Waals surface area contributed by atoms with Crippen LogP contribution in [-0.4, -0.2) is 12.1 Å². The summed E-state index contributed by atoms with van der Waals surface area (Å²) in [6.07, 6.45) is 0.893. The van der Waals surface area contributed by atoms with Crippen LogP contribution in [0.25, 0.3) is 0 Å². The number of carbonyl (C=O) groups excluding carboxylic acids is 1. The van der Waals surface area contributed by atoms with Crippen LogP contribution in [0.5, 0.6) is 0 Å². The van der Waals surface area contributed by atoms with Gasteiger partial charge in [-0.25, -0.2) is 0 Å². The highest BCUT2D eigenvalue weighted by Gasteiger charge is 2.40. The topological polar surface area (TPSA) is 26.3 Å². The smallest absolute Gasteiger partial charge is 0.312 e. The number of carbonyl (C=O) groups is 1. The van der Waals surface area contributed by atoms with E-state index in [-0.39, 0.29) is 17.5 Å². The number of ether oxygens (including phenoxy) is 1. The molecule has 0 aromatic rings. The lowest BCUT2D eigenvalue weighted by atomic mass is 9.73. The normalized spacial score (nSPS) is 15.7. The first-order chi connectivity index (χ1) is 8.52. The van der Waals surface area contributed by atoms with Crippen molar-refractivity contribution in [2.24, 2.45) is 29.1 Å². The Morgan fingerprint density at radius 1 is 0.947 bits per heavy atom. The van der Waals surface area contributed by atoms with Crippen LogP contribution in [0.2, 0.25) is 0 Å². The number of hydrogen-bond acceptors (Lipinski definition) is 2. The molecule has 0 aliphatic carbocycles. The fraction of sp³-hybridized carbons (Fsp3) is 0.941. The van der Waals surface area contributed by atoms with Gasteiger partial charge in [0.05, 0.1) is 5.41 Å². The summed E-state index contributed by atoms with van der Waals surface area (Å²) >= 11 is 0. The Morgan fingerprint density at radius 3 is 1.63 bits per heavy atom. The lowest BCUT2D eigenvalue weighted by molar-refractivity contribution is -0.169. The molecule has 114 valence electrons. The Hall–Kier alpha value is -0.530. The van der Waals surface area contributed by atoms with E-state index in [9.17, 15) is 4.79 Å². The number of rotatable bonds is 7. The van der Waals surface area contributed by atoms with Crippen molar-refractivity contribution in [3.05, 3.63) is 0 Å². The zero-order valence-electron chi connectivity index (χ0n) is 14.4. The van der Waals surface area contributed by atoms with Crippen molar-refractivity contribution in [2.45, 2.75) is 74.8 Å². The first-order valence-electron chi connectivity index (χ1n) is 7.73. The van der Waals surface area contributed by atoms with E-state index in [0.29, 0.717) is 23.7 Å². The van der Waals surface area contributed by atoms with Crippen LogP contribution >= 0.6 is 0 Å². The van der Waals surface area contributed by atoms with Crippen LogP contribution in [0.1, 0.15) is 68.7 Å². The average molecular weight is 270 g/mol. The number of hydrogen-bond donors (Lipinski definition) is 0. The summed E-state index contributed by atoms with van der Waals surface area (Å²) in [5, 5.41) is 0. The van der Waals surface area contributed by atoms with E-state index in [1.807, 2.05) is 0 Å². The van der Waals surface area contributed by atoms with Gasteiger partial charge in [-0.05, 0) is 37.0 Å². The molecule has 0 radical (unpaired) electrons. The molecule has 1 unspecified atom stereocenters. The largest absolute Gasteiger partial charge is 0.461 e. The first kappa shape index (κ1) is 18.5. The van der Waals surface area contributed by atoms with Crippen LogP contribution in [-0.2, 0) is 9.53 Å². The van der Waals surface area contributed by atoms with E-state index in [0.717, 1.165) is 6.42 Å². The Balaban J connectivity index is 5.01. The molecular formula is C17H34O2. The van der Waals surface area contributed by atoms with Crippen LogP contribution in [0.3, 0.4) is 0 Å². The maximum absolute atomic E-state index is 12.6. The van der Waals surface area contributed by atoms with Crippen molar-refractivity contribution in [3.63, 3.8) is 0 Å². The molecule has 0 bridgehead atoms. The van der Waals surface area contributed by atoms with Gasteiger partial charge in [-0.2, -0.15) is 0 Å². The zero-order valence-corrected chi connectivity index (χ0v) is 14.4. The molecule has 0 heterocycles. The van der Waals surface area contributed by atoms with Crippen LogP contribution in [0.4, 0.5) is 0 Å². The van der Waals surface area contributed by atoms with Gasteiger partial charge in [-0.3, -0.25) is 4.79 Å². The number of esters is 1. The van der Waals surface area contributed by atoms with Crippen LogP contribution in [0.15, 0.2) is 0 Å². The molecule has 0 fully saturated rings. The minimum atomic E-state index is -0.379. The van der Waals surface area contributed by atoms with Gasteiger partial charge >= 0.3 is 5.97 Å². The van der Waals surface area contributed by atoms with Gasteiger partial charge in [0.25, 0.3) is 0 Å². The summed E-state index contributed by atoms with van der Waals surface area (Å²) in [6.45, 7) is 19.1.